The average molecular weight is 385 g/mol. The monoisotopic (exact) mass is 384 g/mol. The number of thiazole rings is 1. The van der Waals surface area contributed by atoms with Crippen molar-refractivity contribution >= 4 is 28.6 Å². The Morgan fingerprint density at radius 3 is 2.69 bits per heavy atom. The van der Waals surface area contributed by atoms with E-state index < -0.39 is 0 Å². The van der Waals surface area contributed by atoms with Crippen LogP contribution >= 0.6 is 22.9 Å². The number of nitrogens with zero attached hydrogens (tertiary/aromatic N) is 5. The molecule has 0 spiro atoms. The van der Waals surface area contributed by atoms with Gasteiger partial charge in [0.25, 0.3) is 0 Å². The smallest absolute Gasteiger partial charge is 0.345 e. The molecule has 0 fully saturated rings. The molecule has 1 N–H and O–H groups in total. The Bertz CT molecular complexity index is 1000. The molecular weight excluding hydrogens is 372 g/mol. The van der Waals surface area contributed by atoms with Crippen LogP contribution in [0.15, 0.2) is 60.8 Å². The number of anilines is 1. The summed E-state index contributed by atoms with van der Waals surface area (Å²) in [4.78, 5) is 5.07. The van der Waals surface area contributed by atoms with Crippen molar-refractivity contribution in [3.63, 3.8) is 0 Å². The second-order valence-corrected chi connectivity index (χ2v) is 6.94. The SMILES string of the molecule is Clc1ncc(CNc2ccccc2Oc2nnnn2-c2ccccc2)s1. The van der Waals surface area contributed by atoms with Gasteiger partial charge in [0.1, 0.15) is 0 Å². The van der Waals surface area contributed by atoms with Gasteiger partial charge in [-0.25, -0.2) is 4.98 Å². The number of nitrogens with one attached hydrogen (secondary N) is 1. The predicted molar refractivity (Wildman–Crippen MR) is 100 cm³/mol. The van der Waals surface area contributed by atoms with Crippen molar-refractivity contribution in [2.45, 2.75) is 6.54 Å². The Kier molecular flexibility index (Phi) is 4.76. The standard InChI is InChI=1S/C17H13ClN6OS/c18-16-20-11-13(26-16)10-19-14-8-4-5-9-15(14)25-17-21-22-23-24(17)12-6-2-1-3-7-12/h1-9,11,19H,10H2. The number of rotatable bonds is 6. The number of tetrazole rings is 1. The van der Waals surface area contributed by atoms with Gasteiger partial charge in [-0.3, -0.25) is 0 Å². The summed E-state index contributed by atoms with van der Waals surface area (Å²) >= 11 is 7.31. The summed E-state index contributed by atoms with van der Waals surface area (Å²) in [6, 6.07) is 17.4. The zero-order valence-corrected chi connectivity index (χ0v) is 15.0. The van der Waals surface area contributed by atoms with Crippen molar-refractivity contribution in [1.82, 2.24) is 25.2 Å². The van der Waals surface area contributed by atoms with Crippen LogP contribution in [0.25, 0.3) is 5.69 Å². The molecular formula is C17H13ClN6OS. The third-order valence-corrected chi connectivity index (χ3v) is 4.62. The van der Waals surface area contributed by atoms with E-state index in [0.717, 1.165) is 16.3 Å². The molecule has 4 aromatic rings. The van der Waals surface area contributed by atoms with Gasteiger partial charge < -0.3 is 10.1 Å². The Labute approximate surface area is 158 Å². The van der Waals surface area contributed by atoms with Gasteiger partial charge in [-0.15, -0.1) is 11.3 Å². The number of hydrogen-bond donors (Lipinski definition) is 1. The fraction of sp³-hybridized carbons (Fsp3) is 0.0588. The van der Waals surface area contributed by atoms with Gasteiger partial charge in [0.05, 0.1) is 17.9 Å². The molecule has 7 nitrogen and oxygen atoms in total. The first-order valence-electron chi connectivity index (χ1n) is 7.74. The van der Waals surface area contributed by atoms with E-state index in [0.29, 0.717) is 16.8 Å². The minimum Gasteiger partial charge on any atom is -0.421 e. The van der Waals surface area contributed by atoms with Crippen molar-refractivity contribution in [3.05, 3.63) is 70.1 Å². The summed E-state index contributed by atoms with van der Waals surface area (Å²) in [6.45, 7) is 0.592. The minimum absolute atomic E-state index is 0.284. The Morgan fingerprint density at radius 2 is 1.88 bits per heavy atom. The molecule has 0 saturated heterocycles. The van der Waals surface area contributed by atoms with Crippen LogP contribution in [-0.2, 0) is 6.54 Å². The lowest BCUT2D eigenvalue weighted by Gasteiger charge is -2.11. The maximum absolute atomic E-state index is 5.95. The van der Waals surface area contributed by atoms with Crippen molar-refractivity contribution in [2.75, 3.05) is 5.32 Å². The van der Waals surface area contributed by atoms with E-state index in [4.69, 9.17) is 16.3 Å². The number of para-hydroxylation sites is 3. The first-order chi connectivity index (χ1) is 12.8. The van der Waals surface area contributed by atoms with E-state index in [9.17, 15) is 0 Å². The molecule has 2 heterocycles. The second-order valence-electron chi connectivity index (χ2n) is 5.24. The van der Waals surface area contributed by atoms with Crippen LogP contribution in [0.2, 0.25) is 4.47 Å². The van der Waals surface area contributed by atoms with Crippen molar-refractivity contribution in [1.29, 1.82) is 0 Å². The van der Waals surface area contributed by atoms with Crippen LogP contribution in [0.3, 0.4) is 0 Å². The number of benzene rings is 2. The van der Waals surface area contributed by atoms with E-state index in [1.807, 2.05) is 54.6 Å². The number of ether oxygens (including phenoxy) is 1. The van der Waals surface area contributed by atoms with Crippen LogP contribution in [0.5, 0.6) is 11.8 Å². The normalized spacial score (nSPS) is 10.7. The van der Waals surface area contributed by atoms with Crippen LogP contribution in [-0.4, -0.2) is 25.2 Å². The Balaban J connectivity index is 1.55. The number of aromatic nitrogens is 5. The van der Waals surface area contributed by atoms with E-state index in [-0.39, 0.29) is 6.01 Å². The summed E-state index contributed by atoms with van der Waals surface area (Å²) in [5, 5.41) is 15.0. The lowest BCUT2D eigenvalue weighted by Crippen LogP contribution is -2.03. The molecule has 0 aliphatic heterocycles. The lowest BCUT2D eigenvalue weighted by molar-refractivity contribution is 0.429. The van der Waals surface area contributed by atoms with Crippen LogP contribution in [0, 0.1) is 0 Å². The van der Waals surface area contributed by atoms with Gasteiger partial charge in [0, 0.05) is 11.1 Å². The molecule has 4 rings (SSSR count). The maximum Gasteiger partial charge on any atom is 0.345 e. The van der Waals surface area contributed by atoms with Crippen LogP contribution in [0.1, 0.15) is 4.88 Å². The van der Waals surface area contributed by atoms with E-state index in [1.165, 1.54) is 11.3 Å². The zero-order chi connectivity index (χ0) is 17.8. The van der Waals surface area contributed by atoms with Gasteiger partial charge in [-0.2, -0.15) is 4.68 Å². The van der Waals surface area contributed by atoms with Crippen LogP contribution in [0.4, 0.5) is 5.69 Å². The summed E-state index contributed by atoms with van der Waals surface area (Å²) in [5.74, 6) is 0.620. The molecule has 2 aromatic heterocycles. The quantitative estimate of drug-likeness (QED) is 0.537. The summed E-state index contributed by atoms with van der Waals surface area (Å²) < 4.78 is 8.02. The van der Waals surface area contributed by atoms with Gasteiger partial charge in [-0.05, 0) is 34.7 Å². The van der Waals surface area contributed by atoms with E-state index >= 15 is 0 Å². The molecule has 2 aromatic carbocycles. The minimum atomic E-state index is 0.284. The molecule has 0 aliphatic rings. The summed E-state index contributed by atoms with van der Waals surface area (Å²) in [7, 11) is 0. The van der Waals surface area contributed by atoms with Gasteiger partial charge in [-0.1, -0.05) is 47.0 Å². The highest BCUT2D eigenvalue weighted by molar-refractivity contribution is 7.15. The van der Waals surface area contributed by atoms with Crippen molar-refractivity contribution < 1.29 is 4.74 Å². The van der Waals surface area contributed by atoms with E-state index in [2.05, 4.69) is 25.8 Å². The predicted octanol–water partition coefficient (Wildman–Crippen LogP) is 4.18. The van der Waals surface area contributed by atoms with Crippen molar-refractivity contribution in [3.8, 4) is 17.4 Å². The first-order valence-corrected chi connectivity index (χ1v) is 8.94. The van der Waals surface area contributed by atoms with Gasteiger partial charge in [0.15, 0.2) is 10.2 Å². The third kappa shape index (κ3) is 3.66. The fourth-order valence-corrected chi connectivity index (χ4v) is 3.24. The summed E-state index contributed by atoms with van der Waals surface area (Å²) in [6.07, 6.45) is 1.75. The maximum atomic E-state index is 5.95. The number of halogens is 1. The van der Waals surface area contributed by atoms with Gasteiger partial charge in [0.2, 0.25) is 0 Å². The largest absolute Gasteiger partial charge is 0.421 e. The molecule has 0 aliphatic carbocycles. The lowest BCUT2D eigenvalue weighted by atomic mass is 10.3. The zero-order valence-electron chi connectivity index (χ0n) is 13.4. The molecule has 0 atom stereocenters. The van der Waals surface area contributed by atoms with E-state index in [1.54, 1.807) is 10.9 Å². The molecule has 0 saturated carbocycles. The molecule has 0 amide bonds. The average Bonchev–Trinajstić information content (AvgIpc) is 3.30. The second kappa shape index (κ2) is 7.51. The van der Waals surface area contributed by atoms with Gasteiger partial charge >= 0.3 is 6.01 Å². The summed E-state index contributed by atoms with van der Waals surface area (Å²) in [5.41, 5.74) is 1.64. The fourth-order valence-electron chi connectivity index (χ4n) is 2.32. The number of hydrogen-bond acceptors (Lipinski definition) is 7. The highest BCUT2D eigenvalue weighted by atomic mass is 35.5. The highest BCUT2D eigenvalue weighted by Gasteiger charge is 2.13. The molecule has 26 heavy (non-hydrogen) atoms. The topological polar surface area (TPSA) is 77.8 Å². The third-order valence-electron chi connectivity index (χ3n) is 3.51. The Morgan fingerprint density at radius 1 is 1.08 bits per heavy atom. The van der Waals surface area contributed by atoms with Crippen molar-refractivity contribution in [2.24, 2.45) is 0 Å². The first kappa shape index (κ1) is 16.5. The molecule has 130 valence electrons. The van der Waals surface area contributed by atoms with Crippen LogP contribution < -0.4 is 10.1 Å². The highest BCUT2D eigenvalue weighted by Crippen LogP contribution is 2.29. The molecule has 9 heteroatoms. The Hall–Kier alpha value is -2.97. The molecule has 0 unspecified atom stereocenters. The molecule has 0 bridgehead atoms. The molecule has 0 radical (unpaired) electrons.